The van der Waals surface area contributed by atoms with Gasteiger partial charge in [-0.25, -0.2) is 0 Å². The molecule has 1 heterocycles. The van der Waals surface area contributed by atoms with Crippen molar-refractivity contribution in [2.24, 2.45) is 11.8 Å². The average Bonchev–Trinajstić information content (AvgIpc) is 3.08. The molecule has 4 atom stereocenters. The first-order chi connectivity index (χ1) is 12.9. The predicted molar refractivity (Wildman–Crippen MR) is 114 cm³/mol. The fourth-order valence-corrected chi connectivity index (χ4v) is 5.34. The number of carbonyl (C=O) groups excluding carboxylic acids is 1. The normalized spacial score (nSPS) is 23.6. The molecule has 27 heavy (non-hydrogen) atoms. The first kappa shape index (κ1) is 20.1. The molecule has 0 saturated heterocycles. The summed E-state index contributed by atoms with van der Waals surface area (Å²) >= 11 is 2.95. The van der Waals surface area contributed by atoms with Gasteiger partial charge in [-0.3, -0.25) is 4.79 Å². The van der Waals surface area contributed by atoms with E-state index in [0.29, 0.717) is 11.8 Å². The zero-order valence-corrected chi connectivity index (χ0v) is 18.0. The number of rotatable bonds is 6. The molecule has 0 bridgehead atoms. The van der Waals surface area contributed by atoms with Gasteiger partial charge in [-0.15, -0.1) is 10.2 Å². The highest BCUT2D eigenvalue weighted by molar-refractivity contribution is 8.02. The molecule has 1 aliphatic rings. The first-order valence-corrected chi connectivity index (χ1v) is 11.3. The summed E-state index contributed by atoms with van der Waals surface area (Å²) in [5.41, 5.74) is 2.18. The number of aryl methyl sites for hydroxylation is 1. The second kappa shape index (κ2) is 9.06. The Morgan fingerprint density at radius 2 is 2.04 bits per heavy atom. The van der Waals surface area contributed by atoms with Crippen LogP contribution in [0.1, 0.15) is 45.6 Å². The lowest BCUT2D eigenvalue weighted by Gasteiger charge is -2.35. The second-order valence-electron chi connectivity index (χ2n) is 7.46. The lowest BCUT2D eigenvalue weighted by molar-refractivity contribution is -0.121. The number of hydrogen-bond acceptors (Lipinski definition) is 6. The molecule has 2 aromatic rings. The summed E-state index contributed by atoms with van der Waals surface area (Å²) in [5.74, 6) is 1.30. The molecule has 0 spiro atoms. The Labute approximate surface area is 169 Å². The van der Waals surface area contributed by atoms with E-state index in [1.54, 1.807) is 0 Å². The summed E-state index contributed by atoms with van der Waals surface area (Å²) in [4.78, 5) is 12.6. The van der Waals surface area contributed by atoms with Crippen LogP contribution < -0.4 is 10.6 Å². The van der Waals surface area contributed by atoms with E-state index >= 15 is 0 Å². The third-order valence-electron chi connectivity index (χ3n) is 5.47. The van der Waals surface area contributed by atoms with Crippen molar-refractivity contribution in [2.75, 3.05) is 5.32 Å². The number of thioether (sulfide) groups is 1. The number of para-hydroxylation sites is 1. The van der Waals surface area contributed by atoms with Crippen molar-refractivity contribution >= 4 is 39.8 Å². The minimum atomic E-state index is -0.186. The van der Waals surface area contributed by atoms with Crippen LogP contribution >= 0.6 is 23.1 Å². The molecule has 1 saturated carbocycles. The van der Waals surface area contributed by atoms with Crippen LogP contribution in [-0.4, -0.2) is 27.4 Å². The lowest BCUT2D eigenvalue weighted by Crippen LogP contribution is -2.46. The van der Waals surface area contributed by atoms with E-state index in [-0.39, 0.29) is 17.2 Å². The van der Waals surface area contributed by atoms with Crippen LogP contribution in [0.25, 0.3) is 0 Å². The van der Waals surface area contributed by atoms with E-state index in [1.807, 2.05) is 25.1 Å². The fourth-order valence-electron chi connectivity index (χ4n) is 3.43. The van der Waals surface area contributed by atoms with Crippen molar-refractivity contribution in [1.82, 2.24) is 15.5 Å². The molecule has 0 radical (unpaired) electrons. The number of nitrogens with zero attached hydrogens (tertiary/aromatic N) is 2. The number of carbonyl (C=O) groups is 1. The summed E-state index contributed by atoms with van der Waals surface area (Å²) in [6, 6.07) is 8.36. The van der Waals surface area contributed by atoms with Gasteiger partial charge in [-0.05, 0) is 43.7 Å². The molecule has 146 valence electrons. The van der Waals surface area contributed by atoms with Crippen molar-refractivity contribution in [1.29, 1.82) is 0 Å². The maximum Gasteiger partial charge on any atom is 0.233 e. The molecule has 1 aromatic heterocycles. The summed E-state index contributed by atoms with van der Waals surface area (Å²) < 4.78 is 0.804. The monoisotopic (exact) mass is 404 g/mol. The highest BCUT2D eigenvalue weighted by Crippen LogP contribution is 2.32. The van der Waals surface area contributed by atoms with Crippen LogP contribution in [0.2, 0.25) is 0 Å². The Morgan fingerprint density at radius 1 is 1.26 bits per heavy atom. The van der Waals surface area contributed by atoms with Gasteiger partial charge in [0.1, 0.15) is 0 Å². The van der Waals surface area contributed by atoms with Gasteiger partial charge in [-0.2, -0.15) is 0 Å². The minimum Gasteiger partial charge on any atom is -0.352 e. The SMILES string of the molecule is Cc1ccccc1Nc1nnc(S[C@H](C)C(=O)N[C@@H]2CCC[C@H](C)[C@@H]2C)s1. The number of anilines is 2. The lowest BCUT2D eigenvalue weighted by atomic mass is 9.78. The van der Waals surface area contributed by atoms with Crippen LogP contribution in [0, 0.1) is 18.8 Å². The highest BCUT2D eigenvalue weighted by atomic mass is 32.2. The zero-order chi connectivity index (χ0) is 19.4. The van der Waals surface area contributed by atoms with Crippen LogP contribution in [0.5, 0.6) is 0 Å². The van der Waals surface area contributed by atoms with E-state index in [2.05, 4.69) is 47.7 Å². The van der Waals surface area contributed by atoms with Crippen LogP contribution in [-0.2, 0) is 4.79 Å². The van der Waals surface area contributed by atoms with Gasteiger partial charge in [0.25, 0.3) is 0 Å². The van der Waals surface area contributed by atoms with Gasteiger partial charge >= 0.3 is 0 Å². The van der Waals surface area contributed by atoms with E-state index in [9.17, 15) is 4.79 Å². The molecular weight excluding hydrogens is 376 g/mol. The van der Waals surface area contributed by atoms with E-state index < -0.39 is 0 Å². The van der Waals surface area contributed by atoms with Crippen LogP contribution in [0.3, 0.4) is 0 Å². The third kappa shape index (κ3) is 5.23. The minimum absolute atomic E-state index is 0.0922. The van der Waals surface area contributed by atoms with Crippen molar-refractivity contribution in [3.8, 4) is 0 Å². The van der Waals surface area contributed by atoms with E-state index in [4.69, 9.17) is 0 Å². The highest BCUT2D eigenvalue weighted by Gasteiger charge is 2.29. The molecule has 1 aromatic carbocycles. The standard InChI is InChI=1S/C20H28N4OS2/c1-12-9-7-11-17(14(12)3)21-18(25)15(4)26-20-24-23-19(27-20)22-16-10-6-5-8-13(16)2/h5-6,8,10,12,14-15,17H,7,9,11H2,1-4H3,(H,21,25)(H,22,23)/t12-,14-,15+,17+/m0/s1. The molecule has 0 aliphatic heterocycles. The van der Waals surface area contributed by atoms with Crippen molar-refractivity contribution < 1.29 is 4.79 Å². The van der Waals surface area contributed by atoms with Gasteiger partial charge in [0.15, 0.2) is 4.34 Å². The van der Waals surface area contributed by atoms with Crippen molar-refractivity contribution in [3.05, 3.63) is 29.8 Å². The van der Waals surface area contributed by atoms with Gasteiger partial charge in [-0.1, -0.05) is 68.0 Å². The number of aromatic nitrogens is 2. The Hall–Kier alpha value is -1.60. The largest absolute Gasteiger partial charge is 0.352 e. The van der Waals surface area contributed by atoms with Gasteiger partial charge in [0.2, 0.25) is 11.0 Å². The van der Waals surface area contributed by atoms with Gasteiger partial charge < -0.3 is 10.6 Å². The first-order valence-electron chi connectivity index (χ1n) is 9.57. The summed E-state index contributed by atoms with van der Waals surface area (Å²) in [7, 11) is 0. The average molecular weight is 405 g/mol. The smallest absolute Gasteiger partial charge is 0.233 e. The summed E-state index contributed by atoms with van der Waals surface area (Å²) in [6.07, 6.45) is 3.54. The molecule has 1 fully saturated rings. The zero-order valence-electron chi connectivity index (χ0n) is 16.4. The third-order valence-corrected chi connectivity index (χ3v) is 7.50. The molecule has 3 rings (SSSR count). The Kier molecular flexibility index (Phi) is 6.76. The Balaban J connectivity index is 1.55. The summed E-state index contributed by atoms with van der Waals surface area (Å²) in [5, 5.41) is 15.5. The number of hydrogen-bond donors (Lipinski definition) is 2. The second-order valence-corrected chi connectivity index (χ2v) is 10.0. The van der Waals surface area contributed by atoms with E-state index in [0.717, 1.165) is 27.1 Å². The Bertz CT molecular complexity index is 779. The van der Waals surface area contributed by atoms with Crippen molar-refractivity contribution in [2.45, 2.75) is 62.6 Å². The number of nitrogens with one attached hydrogen (secondary N) is 2. The van der Waals surface area contributed by atoms with Crippen LogP contribution in [0.4, 0.5) is 10.8 Å². The molecule has 1 aliphatic carbocycles. The number of amides is 1. The maximum absolute atomic E-state index is 12.6. The number of benzene rings is 1. The fraction of sp³-hybridized carbons (Fsp3) is 0.550. The van der Waals surface area contributed by atoms with Crippen LogP contribution in [0.15, 0.2) is 28.6 Å². The van der Waals surface area contributed by atoms with Crippen molar-refractivity contribution in [3.63, 3.8) is 0 Å². The molecule has 1 amide bonds. The summed E-state index contributed by atoms with van der Waals surface area (Å²) in [6.45, 7) is 8.53. The van der Waals surface area contributed by atoms with Gasteiger partial charge in [0, 0.05) is 11.7 Å². The topological polar surface area (TPSA) is 66.9 Å². The molecule has 7 heteroatoms. The molecule has 2 N–H and O–H groups in total. The Morgan fingerprint density at radius 3 is 2.81 bits per heavy atom. The molecule has 5 nitrogen and oxygen atoms in total. The predicted octanol–water partition coefficient (Wildman–Crippen LogP) is 5.01. The van der Waals surface area contributed by atoms with E-state index in [1.165, 1.54) is 35.9 Å². The quantitative estimate of drug-likeness (QED) is 0.662. The van der Waals surface area contributed by atoms with Gasteiger partial charge in [0.05, 0.1) is 5.25 Å². The molecule has 0 unspecified atom stereocenters. The molecular formula is C20H28N4OS2. The maximum atomic E-state index is 12.6.